The third-order valence-electron chi connectivity index (χ3n) is 5.17. The minimum Gasteiger partial charge on any atom is -0.364 e. The second kappa shape index (κ2) is 8.84. The molecule has 28 heavy (non-hydrogen) atoms. The summed E-state index contributed by atoms with van der Waals surface area (Å²) in [7, 11) is 0. The van der Waals surface area contributed by atoms with E-state index in [1.54, 1.807) is 12.1 Å². The van der Waals surface area contributed by atoms with Crippen molar-refractivity contribution in [3.8, 4) is 0 Å². The zero-order valence-electron chi connectivity index (χ0n) is 15.7. The number of nitrogens with one attached hydrogen (secondary N) is 1. The zero-order valence-corrected chi connectivity index (χ0v) is 15.7. The van der Waals surface area contributed by atoms with Crippen LogP contribution in [-0.4, -0.2) is 34.2 Å². The lowest BCUT2D eigenvalue weighted by Crippen LogP contribution is -2.33. The van der Waals surface area contributed by atoms with E-state index in [2.05, 4.69) is 50.9 Å². The molecule has 7 nitrogen and oxygen atoms in total. The molecule has 146 valence electrons. The average molecular weight is 380 g/mol. The predicted molar refractivity (Wildman–Crippen MR) is 102 cm³/mol. The summed E-state index contributed by atoms with van der Waals surface area (Å²) in [6.07, 6.45) is 4.97. The topological polar surface area (TPSA) is 84.4 Å². The van der Waals surface area contributed by atoms with Crippen LogP contribution >= 0.6 is 0 Å². The van der Waals surface area contributed by atoms with E-state index in [4.69, 9.17) is 9.05 Å². The first kappa shape index (κ1) is 18.4. The van der Waals surface area contributed by atoms with Crippen molar-refractivity contribution in [1.82, 2.24) is 20.5 Å². The van der Waals surface area contributed by atoms with Crippen molar-refractivity contribution >= 4 is 5.91 Å². The molecule has 0 atom stereocenters. The molecule has 1 N–H and O–H groups in total. The molecule has 0 aliphatic carbocycles. The number of amides is 1. The lowest BCUT2D eigenvalue weighted by atomic mass is 9.90. The molecular weight excluding hydrogens is 356 g/mol. The van der Waals surface area contributed by atoms with Gasteiger partial charge in [-0.3, -0.25) is 9.69 Å². The van der Waals surface area contributed by atoms with Crippen molar-refractivity contribution in [2.45, 2.75) is 32.4 Å². The second-order valence-electron chi connectivity index (χ2n) is 7.26. The maximum atomic E-state index is 12.2. The van der Waals surface area contributed by atoms with Gasteiger partial charge in [0.25, 0.3) is 5.91 Å². The Bertz CT molecular complexity index is 868. The summed E-state index contributed by atoms with van der Waals surface area (Å²) >= 11 is 0. The van der Waals surface area contributed by atoms with Crippen LogP contribution in [-0.2, 0) is 19.5 Å². The van der Waals surface area contributed by atoms with Crippen molar-refractivity contribution in [3.63, 3.8) is 0 Å². The van der Waals surface area contributed by atoms with Gasteiger partial charge >= 0.3 is 0 Å². The van der Waals surface area contributed by atoms with Gasteiger partial charge < -0.3 is 14.4 Å². The van der Waals surface area contributed by atoms with Crippen LogP contribution in [0.4, 0.5) is 0 Å². The first-order valence-electron chi connectivity index (χ1n) is 9.65. The van der Waals surface area contributed by atoms with E-state index in [0.717, 1.165) is 25.4 Å². The molecule has 4 rings (SSSR count). The molecule has 1 aliphatic heterocycles. The van der Waals surface area contributed by atoms with Crippen LogP contribution in [0.15, 0.2) is 57.8 Å². The maximum Gasteiger partial charge on any atom is 0.273 e. The van der Waals surface area contributed by atoms with Gasteiger partial charge in [0.15, 0.2) is 11.5 Å². The fraction of sp³-hybridized carbons (Fsp3) is 0.381. The fourth-order valence-corrected chi connectivity index (χ4v) is 3.60. The molecule has 1 amide bonds. The average Bonchev–Trinajstić information content (AvgIpc) is 3.41. The Hall–Kier alpha value is -2.93. The molecule has 2 aromatic heterocycles. The number of piperidine rings is 1. The number of benzene rings is 1. The third-order valence-corrected chi connectivity index (χ3v) is 5.17. The Morgan fingerprint density at radius 3 is 2.71 bits per heavy atom. The number of carbonyl (C=O) groups excluding carboxylic acids is 1. The number of rotatable bonds is 7. The highest BCUT2D eigenvalue weighted by Crippen LogP contribution is 2.23. The van der Waals surface area contributed by atoms with E-state index >= 15 is 0 Å². The summed E-state index contributed by atoms with van der Waals surface area (Å²) in [5.41, 5.74) is 2.37. The summed E-state index contributed by atoms with van der Waals surface area (Å²) in [5.74, 6) is 1.17. The molecule has 0 saturated carbocycles. The lowest BCUT2D eigenvalue weighted by molar-refractivity contribution is 0.0940. The summed E-state index contributed by atoms with van der Waals surface area (Å²) in [4.78, 5) is 14.5. The highest BCUT2D eigenvalue weighted by molar-refractivity contribution is 5.92. The molecule has 1 fully saturated rings. The number of hydrogen-bond donors (Lipinski definition) is 1. The van der Waals surface area contributed by atoms with Crippen LogP contribution in [0.2, 0.25) is 0 Å². The van der Waals surface area contributed by atoms with Gasteiger partial charge in [-0.1, -0.05) is 40.6 Å². The standard InChI is InChI=1S/C21H24N4O3/c26-21(22-14-18-8-11-27-23-18)20-13-19(28-24-20)15-25-9-6-17(7-10-25)12-16-4-2-1-3-5-16/h1-5,8,11,13,17H,6-7,9-10,12,14-15H2,(H,22,26). The monoisotopic (exact) mass is 380 g/mol. The van der Waals surface area contributed by atoms with Gasteiger partial charge in [0, 0.05) is 12.1 Å². The third kappa shape index (κ3) is 4.86. The maximum absolute atomic E-state index is 12.2. The van der Waals surface area contributed by atoms with E-state index in [0.29, 0.717) is 24.5 Å². The van der Waals surface area contributed by atoms with Crippen molar-refractivity contribution in [2.24, 2.45) is 5.92 Å². The van der Waals surface area contributed by atoms with Crippen LogP contribution in [0, 0.1) is 5.92 Å². The van der Waals surface area contributed by atoms with E-state index in [9.17, 15) is 4.79 Å². The second-order valence-corrected chi connectivity index (χ2v) is 7.26. The number of aromatic nitrogens is 2. The van der Waals surface area contributed by atoms with Crippen molar-refractivity contribution < 1.29 is 13.8 Å². The highest BCUT2D eigenvalue weighted by Gasteiger charge is 2.21. The lowest BCUT2D eigenvalue weighted by Gasteiger charge is -2.31. The molecule has 0 spiro atoms. The molecule has 7 heteroatoms. The Labute approximate surface area is 163 Å². The Morgan fingerprint density at radius 1 is 1.14 bits per heavy atom. The SMILES string of the molecule is O=C(NCc1ccon1)c1cc(CN2CCC(Cc3ccccc3)CC2)on1. The molecule has 3 aromatic rings. The molecule has 1 aliphatic rings. The Morgan fingerprint density at radius 2 is 1.96 bits per heavy atom. The van der Waals surface area contributed by atoms with Crippen LogP contribution in [0.3, 0.4) is 0 Å². The van der Waals surface area contributed by atoms with E-state index in [-0.39, 0.29) is 11.6 Å². The molecule has 0 bridgehead atoms. The predicted octanol–water partition coefficient (Wildman–Crippen LogP) is 3.05. The number of carbonyl (C=O) groups is 1. The summed E-state index contributed by atoms with van der Waals surface area (Å²) in [5, 5.41) is 10.4. The van der Waals surface area contributed by atoms with Gasteiger partial charge in [-0.2, -0.15) is 0 Å². The largest absolute Gasteiger partial charge is 0.364 e. The minimum absolute atomic E-state index is 0.278. The fourth-order valence-electron chi connectivity index (χ4n) is 3.60. The summed E-state index contributed by atoms with van der Waals surface area (Å²) < 4.78 is 10.1. The van der Waals surface area contributed by atoms with Crippen molar-refractivity contribution in [3.05, 3.63) is 71.4 Å². The van der Waals surface area contributed by atoms with Gasteiger partial charge in [-0.15, -0.1) is 0 Å². The molecule has 1 saturated heterocycles. The molecule has 1 aromatic carbocycles. The molecular formula is C21H24N4O3. The molecule has 0 unspecified atom stereocenters. The molecule has 3 heterocycles. The number of nitrogens with zero attached hydrogens (tertiary/aromatic N) is 3. The number of likely N-dealkylation sites (tertiary alicyclic amines) is 1. The van der Waals surface area contributed by atoms with Crippen LogP contribution in [0.1, 0.15) is 40.3 Å². The van der Waals surface area contributed by atoms with Gasteiger partial charge in [-0.05, 0) is 43.8 Å². The van der Waals surface area contributed by atoms with Gasteiger partial charge in [-0.25, -0.2) is 0 Å². The Kier molecular flexibility index (Phi) is 5.82. The minimum atomic E-state index is -0.278. The van der Waals surface area contributed by atoms with E-state index in [1.807, 2.05) is 0 Å². The van der Waals surface area contributed by atoms with Gasteiger partial charge in [0.2, 0.25) is 0 Å². The quantitative estimate of drug-likeness (QED) is 0.678. The van der Waals surface area contributed by atoms with Crippen LogP contribution in [0.25, 0.3) is 0 Å². The number of hydrogen-bond acceptors (Lipinski definition) is 6. The first-order valence-corrected chi connectivity index (χ1v) is 9.65. The smallest absolute Gasteiger partial charge is 0.273 e. The normalized spacial score (nSPS) is 15.6. The molecule has 0 radical (unpaired) electrons. The zero-order chi connectivity index (χ0) is 19.2. The summed E-state index contributed by atoms with van der Waals surface area (Å²) in [6.45, 7) is 3.05. The van der Waals surface area contributed by atoms with Crippen LogP contribution < -0.4 is 5.32 Å². The Balaban J connectivity index is 1.23. The van der Waals surface area contributed by atoms with Crippen LogP contribution in [0.5, 0.6) is 0 Å². The van der Waals surface area contributed by atoms with Gasteiger partial charge in [0.1, 0.15) is 12.0 Å². The summed E-state index contributed by atoms with van der Waals surface area (Å²) in [6, 6.07) is 14.1. The van der Waals surface area contributed by atoms with Crippen molar-refractivity contribution in [2.75, 3.05) is 13.1 Å². The van der Waals surface area contributed by atoms with E-state index in [1.165, 1.54) is 24.7 Å². The van der Waals surface area contributed by atoms with Crippen molar-refractivity contribution in [1.29, 1.82) is 0 Å². The first-order chi connectivity index (χ1) is 13.8. The van der Waals surface area contributed by atoms with Gasteiger partial charge in [0.05, 0.1) is 13.1 Å². The van der Waals surface area contributed by atoms with E-state index < -0.39 is 0 Å². The highest BCUT2D eigenvalue weighted by atomic mass is 16.5.